The molecule has 0 N–H and O–H groups in total. The zero-order valence-corrected chi connectivity index (χ0v) is 6.72. The van der Waals surface area contributed by atoms with Gasteiger partial charge in [-0.1, -0.05) is 18.2 Å². The maximum Gasteiger partial charge on any atom is 0.0588 e. The van der Waals surface area contributed by atoms with Crippen LogP contribution in [0.25, 0.3) is 5.57 Å². The van der Waals surface area contributed by atoms with Gasteiger partial charge in [-0.25, -0.2) is 0 Å². The fourth-order valence-electron chi connectivity index (χ4n) is 0.598. The predicted molar refractivity (Wildman–Crippen MR) is 44.0 cm³/mol. The zero-order chi connectivity index (χ0) is 6.85. The van der Waals surface area contributed by atoms with E-state index in [1.54, 1.807) is 11.3 Å². The molecule has 0 aliphatic carbocycles. The van der Waals surface area contributed by atoms with E-state index < -0.39 is 0 Å². The number of hydrogen-bond donors (Lipinski definition) is 0. The average molecular weight is 159 g/mol. The van der Waals surface area contributed by atoms with E-state index in [4.69, 9.17) is 11.6 Å². The number of halogens is 1. The monoisotopic (exact) mass is 158 g/mol. The molecule has 48 valence electrons. The topological polar surface area (TPSA) is 0 Å². The van der Waals surface area contributed by atoms with Crippen molar-refractivity contribution in [3.63, 3.8) is 0 Å². The molecule has 0 saturated carbocycles. The van der Waals surface area contributed by atoms with Gasteiger partial charge in [-0.05, 0) is 23.9 Å². The van der Waals surface area contributed by atoms with Crippen molar-refractivity contribution in [3.8, 4) is 0 Å². The molecule has 0 atom stereocenters. The third kappa shape index (κ3) is 1.35. The van der Waals surface area contributed by atoms with Crippen LogP contribution in [0.1, 0.15) is 11.8 Å². The van der Waals surface area contributed by atoms with Gasteiger partial charge >= 0.3 is 0 Å². The first-order valence-electron chi connectivity index (χ1n) is 2.60. The minimum atomic E-state index is 0.813. The van der Waals surface area contributed by atoms with Gasteiger partial charge in [-0.2, -0.15) is 0 Å². The van der Waals surface area contributed by atoms with Crippen LogP contribution in [0.3, 0.4) is 0 Å². The molecule has 0 bridgehead atoms. The smallest absolute Gasteiger partial charge is 0.0588 e. The number of thiophene rings is 1. The Morgan fingerprint density at radius 2 is 2.44 bits per heavy atom. The van der Waals surface area contributed by atoms with Gasteiger partial charge in [0.2, 0.25) is 0 Å². The van der Waals surface area contributed by atoms with Crippen molar-refractivity contribution >= 4 is 28.5 Å². The molecule has 0 aromatic carbocycles. The van der Waals surface area contributed by atoms with Crippen LogP contribution < -0.4 is 0 Å². The normalized spacial score (nSPS) is 9.56. The zero-order valence-electron chi connectivity index (χ0n) is 5.15. The predicted octanol–water partition coefficient (Wildman–Crippen LogP) is 3.43. The van der Waals surface area contributed by atoms with Crippen LogP contribution >= 0.6 is 22.9 Å². The SMILES string of the molecule is C=C(C)c1sccc1Cl. The standard InChI is InChI=1S/C7H7ClS/c1-5(2)7-6(8)3-4-9-7/h3-4H,1H2,2H3. The highest BCUT2D eigenvalue weighted by Gasteiger charge is 1.99. The van der Waals surface area contributed by atoms with Crippen LogP contribution in [0.5, 0.6) is 0 Å². The molecule has 1 heterocycles. The third-order valence-corrected chi connectivity index (χ3v) is 2.51. The van der Waals surface area contributed by atoms with E-state index in [-0.39, 0.29) is 0 Å². The Labute approximate surface area is 63.8 Å². The van der Waals surface area contributed by atoms with E-state index in [0.717, 1.165) is 15.5 Å². The van der Waals surface area contributed by atoms with E-state index >= 15 is 0 Å². The van der Waals surface area contributed by atoms with Crippen molar-refractivity contribution in [1.29, 1.82) is 0 Å². The Morgan fingerprint density at radius 3 is 2.67 bits per heavy atom. The van der Waals surface area contributed by atoms with E-state index in [1.165, 1.54) is 0 Å². The Hall–Kier alpha value is -0.270. The largest absolute Gasteiger partial charge is 0.143 e. The molecule has 0 aliphatic heterocycles. The molecular formula is C7H7ClS. The summed E-state index contributed by atoms with van der Waals surface area (Å²) in [6.45, 7) is 5.74. The summed E-state index contributed by atoms with van der Waals surface area (Å²) in [5, 5.41) is 2.78. The summed E-state index contributed by atoms with van der Waals surface area (Å²) in [5.41, 5.74) is 1.04. The van der Waals surface area contributed by atoms with Crippen molar-refractivity contribution in [1.82, 2.24) is 0 Å². The van der Waals surface area contributed by atoms with Crippen LogP contribution in [0.2, 0.25) is 5.02 Å². The fraction of sp³-hybridized carbons (Fsp3) is 0.143. The minimum Gasteiger partial charge on any atom is -0.143 e. The van der Waals surface area contributed by atoms with Crippen molar-refractivity contribution in [2.75, 3.05) is 0 Å². The maximum atomic E-state index is 5.78. The molecule has 0 unspecified atom stereocenters. The molecule has 0 saturated heterocycles. The molecule has 1 rings (SSSR count). The second-order valence-electron chi connectivity index (χ2n) is 1.88. The van der Waals surface area contributed by atoms with Gasteiger partial charge in [0.25, 0.3) is 0 Å². The minimum absolute atomic E-state index is 0.813. The number of rotatable bonds is 1. The lowest BCUT2D eigenvalue weighted by atomic mass is 10.3. The second-order valence-corrected chi connectivity index (χ2v) is 3.20. The molecule has 0 amide bonds. The Kier molecular flexibility index (Phi) is 1.94. The molecule has 0 spiro atoms. The Bertz CT molecular complexity index is 225. The van der Waals surface area contributed by atoms with Gasteiger partial charge in [-0.15, -0.1) is 11.3 Å². The highest BCUT2D eigenvalue weighted by atomic mass is 35.5. The Balaban J connectivity index is 3.08. The second kappa shape index (κ2) is 2.54. The van der Waals surface area contributed by atoms with Crippen LogP contribution in [0, 0.1) is 0 Å². The van der Waals surface area contributed by atoms with E-state index in [2.05, 4.69) is 6.58 Å². The summed E-state index contributed by atoms with van der Waals surface area (Å²) in [6.07, 6.45) is 0. The van der Waals surface area contributed by atoms with Crippen LogP contribution in [0.4, 0.5) is 0 Å². The van der Waals surface area contributed by atoms with Crippen LogP contribution in [0.15, 0.2) is 18.0 Å². The third-order valence-electron chi connectivity index (χ3n) is 1.00. The molecule has 1 aromatic rings. The molecule has 0 nitrogen and oxygen atoms in total. The summed E-state index contributed by atoms with van der Waals surface area (Å²) >= 11 is 7.41. The Morgan fingerprint density at radius 1 is 1.78 bits per heavy atom. The first kappa shape index (κ1) is 6.84. The first-order chi connectivity index (χ1) is 4.22. The van der Waals surface area contributed by atoms with Crippen molar-refractivity contribution in [2.24, 2.45) is 0 Å². The van der Waals surface area contributed by atoms with Gasteiger partial charge in [0.05, 0.1) is 5.02 Å². The van der Waals surface area contributed by atoms with E-state index in [0.29, 0.717) is 0 Å². The maximum absolute atomic E-state index is 5.78. The molecular weight excluding hydrogens is 152 g/mol. The van der Waals surface area contributed by atoms with Crippen molar-refractivity contribution in [3.05, 3.63) is 27.9 Å². The molecule has 2 heteroatoms. The average Bonchev–Trinajstić information content (AvgIpc) is 2.13. The molecule has 0 fully saturated rings. The van der Waals surface area contributed by atoms with Gasteiger partial charge < -0.3 is 0 Å². The van der Waals surface area contributed by atoms with Gasteiger partial charge in [0, 0.05) is 4.88 Å². The van der Waals surface area contributed by atoms with Gasteiger partial charge in [0.15, 0.2) is 0 Å². The van der Waals surface area contributed by atoms with Crippen LogP contribution in [-0.2, 0) is 0 Å². The number of hydrogen-bond acceptors (Lipinski definition) is 1. The van der Waals surface area contributed by atoms with Crippen molar-refractivity contribution in [2.45, 2.75) is 6.92 Å². The summed E-state index contributed by atoms with van der Waals surface area (Å²) in [7, 11) is 0. The van der Waals surface area contributed by atoms with Gasteiger partial charge in [-0.3, -0.25) is 0 Å². The first-order valence-corrected chi connectivity index (χ1v) is 3.86. The molecule has 9 heavy (non-hydrogen) atoms. The summed E-state index contributed by atoms with van der Waals surface area (Å²) < 4.78 is 0. The lowest BCUT2D eigenvalue weighted by Gasteiger charge is -1.91. The summed E-state index contributed by atoms with van der Waals surface area (Å²) in [6, 6.07) is 1.89. The van der Waals surface area contributed by atoms with Crippen molar-refractivity contribution < 1.29 is 0 Å². The highest BCUT2D eigenvalue weighted by molar-refractivity contribution is 7.11. The highest BCUT2D eigenvalue weighted by Crippen LogP contribution is 2.27. The fourth-order valence-corrected chi connectivity index (χ4v) is 1.75. The van der Waals surface area contributed by atoms with Gasteiger partial charge in [0.1, 0.15) is 0 Å². The van der Waals surface area contributed by atoms with E-state index in [9.17, 15) is 0 Å². The molecule has 0 aliphatic rings. The number of allylic oxidation sites excluding steroid dienone is 1. The van der Waals surface area contributed by atoms with E-state index in [1.807, 2.05) is 18.4 Å². The summed E-state index contributed by atoms with van der Waals surface area (Å²) in [4.78, 5) is 1.09. The summed E-state index contributed by atoms with van der Waals surface area (Å²) in [5.74, 6) is 0. The lowest BCUT2D eigenvalue weighted by Crippen LogP contribution is -1.66. The van der Waals surface area contributed by atoms with Crippen LogP contribution in [-0.4, -0.2) is 0 Å². The lowest BCUT2D eigenvalue weighted by molar-refractivity contribution is 1.74. The quantitative estimate of drug-likeness (QED) is 0.588. The molecule has 0 radical (unpaired) electrons. The molecule has 1 aromatic heterocycles.